The fourth-order valence-corrected chi connectivity index (χ4v) is 1.73. The zero-order valence-corrected chi connectivity index (χ0v) is 9.92. The number of ketones is 1. The van der Waals surface area contributed by atoms with E-state index in [1.54, 1.807) is 7.05 Å². The molecule has 88 valence electrons. The molecule has 0 amide bonds. The molecule has 0 unspecified atom stereocenters. The summed E-state index contributed by atoms with van der Waals surface area (Å²) in [6, 6.07) is 7.63. The van der Waals surface area contributed by atoms with Crippen LogP contribution in [0.2, 0.25) is 0 Å². The quantitative estimate of drug-likeness (QED) is 0.740. The molecule has 0 aliphatic rings. The second kappa shape index (κ2) is 4.86. The summed E-state index contributed by atoms with van der Waals surface area (Å²) in [6.07, 6.45) is 1.04. The molecule has 1 heterocycles. The highest BCUT2D eigenvalue weighted by molar-refractivity contribution is 5.98. The molecule has 0 saturated carbocycles. The maximum Gasteiger partial charge on any atom is 0.182 e. The fourth-order valence-electron chi connectivity index (χ4n) is 1.73. The molecule has 1 aromatic heterocycles. The van der Waals surface area contributed by atoms with Gasteiger partial charge in [0.15, 0.2) is 11.6 Å². The SMILES string of the molecule is CCc1ccccc1C(=O)Cc1nnn(C)n1. The van der Waals surface area contributed by atoms with Crippen molar-refractivity contribution in [3.05, 3.63) is 41.2 Å². The largest absolute Gasteiger partial charge is 0.294 e. The highest BCUT2D eigenvalue weighted by Crippen LogP contribution is 2.11. The lowest BCUT2D eigenvalue weighted by atomic mass is 10.00. The molecule has 0 fully saturated rings. The molecular weight excluding hydrogens is 216 g/mol. The van der Waals surface area contributed by atoms with E-state index in [1.165, 1.54) is 4.80 Å². The summed E-state index contributed by atoms with van der Waals surface area (Å²) in [7, 11) is 1.68. The van der Waals surface area contributed by atoms with Gasteiger partial charge in [0, 0.05) is 5.56 Å². The average Bonchev–Trinajstić information content (AvgIpc) is 2.74. The van der Waals surface area contributed by atoms with Crippen LogP contribution < -0.4 is 0 Å². The Bertz CT molecular complexity index is 533. The van der Waals surface area contributed by atoms with E-state index in [0.29, 0.717) is 5.82 Å². The summed E-state index contributed by atoms with van der Waals surface area (Å²) < 4.78 is 0. The summed E-state index contributed by atoms with van der Waals surface area (Å²) in [6.45, 7) is 2.03. The Hall–Kier alpha value is -2.04. The molecule has 1 aromatic carbocycles. The second-order valence-corrected chi connectivity index (χ2v) is 3.81. The van der Waals surface area contributed by atoms with E-state index in [1.807, 2.05) is 31.2 Å². The maximum absolute atomic E-state index is 12.1. The second-order valence-electron chi connectivity index (χ2n) is 3.81. The van der Waals surface area contributed by atoms with Crippen molar-refractivity contribution < 1.29 is 4.79 Å². The Labute approximate surface area is 99.5 Å². The van der Waals surface area contributed by atoms with E-state index < -0.39 is 0 Å². The van der Waals surface area contributed by atoms with Crippen LogP contribution in [0.25, 0.3) is 0 Å². The van der Waals surface area contributed by atoms with Crippen molar-refractivity contribution in [2.24, 2.45) is 7.05 Å². The summed E-state index contributed by atoms with van der Waals surface area (Å²) in [5.74, 6) is 0.499. The molecule has 0 atom stereocenters. The Morgan fingerprint density at radius 1 is 1.35 bits per heavy atom. The van der Waals surface area contributed by atoms with E-state index in [9.17, 15) is 4.79 Å². The lowest BCUT2D eigenvalue weighted by molar-refractivity contribution is 0.0990. The Kier molecular flexibility index (Phi) is 3.27. The van der Waals surface area contributed by atoms with Crippen LogP contribution in [-0.4, -0.2) is 26.0 Å². The van der Waals surface area contributed by atoms with E-state index in [0.717, 1.165) is 17.5 Å². The van der Waals surface area contributed by atoms with Gasteiger partial charge < -0.3 is 0 Å². The molecule has 0 saturated heterocycles. The third kappa shape index (κ3) is 2.55. The monoisotopic (exact) mass is 230 g/mol. The van der Waals surface area contributed by atoms with Crippen LogP contribution in [-0.2, 0) is 19.9 Å². The number of Topliss-reactive ketones (excluding diaryl/α,β-unsaturated/α-hetero) is 1. The normalized spacial score (nSPS) is 10.5. The van der Waals surface area contributed by atoms with Crippen molar-refractivity contribution in [3.63, 3.8) is 0 Å². The molecule has 0 radical (unpaired) electrons. The van der Waals surface area contributed by atoms with Crippen LogP contribution in [0.1, 0.15) is 28.7 Å². The Balaban J connectivity index is 2.20. The van der Waals surface area contributed by atoms with Gasteiger partial charge in [-0.3, -0.25) is 4.79 Å². The molecule has 2 rings (SSSR count). The zero-order valence-electron chi connectivity index (χ0n) is 9.92. The number of aromatic nitrogens is 4. The minimum absolute atomic E-state index is 0.0375. The van der Waals surface area contributed by atoms with E-state index in [4.69, 9.17) is 0 Å². The molecule has 17 heavy (non-hydrogen) atoms. The van der Waals surface area contributed by atoms with Gasteiger partial charge in [-0.25, -0.2) is 0 Å². The number of hydrogen-bond donors (Lipinski definition) is 0. The van der Waals surface area contributed by atoms with Crippen molar-refractivity contribution in [2.75, 3.05) is 0 Å². The third-order valence-corrected chi connectivity index (χ3v) is 2.57. The van der Waals surface area contributed by atoms with Gasteiger partial charge in [0.25, 0.3) is 0 Å². The lowest BCUT2D eigenvalue weighted by Crippen LogP contribution is -2.08. The van der Waals surface area contributed by atoms with Gasteiger partial charge in [-0.15, -0.1) is 10.2 Å². The van der Waals surface area contributed by atoms with Gasteiger partial charge in [0.2, 0.25) is 0 Å². The number of benzene rings is 1. The molecule has 0 N–H and O–H groups in total. The number of nitrogens with zero attached hydrogens (tertiary/aromatic N) is 4. The van der Waals surface area contributed by atoms with Gasteiger partial charge in [-0.05, 0) is 17.2 Å². The highest BCUT2D eigenvalue weighted by Gasteiger charge is 2.13. The number of carbonyl (C=O) groups is 1. The smallest absolute Gasteiger partial charge is 0.182 e. The average molecular weight is 230 g/mol. The van der Waals surface area contributed by atoms with Gasteiger partial charge in [0.05, 0.1) is 13.5 Å². The van der Waals surface area contributed by atoms with Crippen molar-refractivity contribution >= 4 is 5.78 Å². The number of aryl methyl sites for hydroxylation is 2. The lowest BCUT2D eigenvalue weighted by Gasteiger charge is -2.04. The van der Waals surface area contributed by atoms with Crippen LogP contribution in [0.4, 0.5) is 0 Å². The van der Waals surface area contributed by atoms with E-state index in [2.05, 4.69) is 15.4 Å². The minimum Gasteiger partial charge on any atom is -0.294 e. The highest BCUT2D eigenvalue weighted by atomic mass is 16.1. The molecule has 5 heteroatoms. The van der Waals surface area contributed by atoms with Crippen LogP contribution in [0.5, 0.6) is 0 Å². The fraction of sp³-hybridized carbons (Fsp3) is 0.333. The van der Waals surface area contributed by atoms with Gasteiger partial charge in [0.1, 0.15) is 0 Å². The summed E-state index contributed by atoms with van der Waals surface area (Å²) in [4.78, 5) is 13.4. The topological polar surface area (TPSA) is 60.7 Å². The van der Waals surface area contributed by atoms with Crippen molar-refractivity contribution in [1.29, 1.82) is 0 Å². The first kappa shape index (κ1) is 11.4. The Morgan fingerprint density at radius 3 is 2.76 bits per heavy atom. The standard InChI is InChI=1S/C12H14N4O/c1-3-9-6-4-5-7-10(9)11(17)8-12-13-15-16(2)14-12/h4-7H,3,8H2,1-2H3. The summed E-state index contributed by atoms with van der Waals surface area (Å²) >= 11 is 0. The van der Waals surface area contributed by atoms with Gasteiger partial charge in [-0.2, -0.15) is 4.80 Å². The van der Waals surface area contributed by atoms with Crippen LogP contribution in [0.3, 0.4) is 0 Å². The summed E-state index contributed by atoms with van der Waals surface area (Å²) in [5, 5.41) is 11.5. The molecule has 0 aliphatic carbocycles. The van der Waals surface area contributed by atoms with E-state index >= 15 is 0 Å². The van der Waals surface area contributed by atoms with Gasteiger partial charge in [-0.1, -0.05) is 31.2 Å². The van der Waals surface area contributed by atoms with E-state index in [-0.39, 0.29) is 12.2 Å². The van der Waals surface area contributed by atoms with Crippen molar-refractivity contribution in [1.82, 2.24) is 20.2 Å². The number of tetrazole rings is 1. The summed E-state index contributed by atoms with van der Waals surface area (Å²) in [5.41, 5.74) is 1.81. The van der Waals surface area contributed by atoms with Crippen LogP contribution >= 0.6 is 0 Å². The van der Waals surface area contributed by atoms with Crippen LogP contribution in [0.15, 0.2) is 24.3 Å². The van der Waals surface area contributed by atoms with Gasteiger partial charge >= 0.3 is 0 Å². The number of rotatable bonds is 4. The zero-order chi connectivity index (χ0) is 12.3. The molecule has 0 bridgehead atoms. The molecule has 0 aliphatic heterocycles. The third-order valence-electron chi connectivity index (χ3n) is 2.57. The predicted octanol–water partition coefficient (Wildman–Crippen LogP) is 1.20. The molecule has 0 spiro atoms. The molecule has 5 nitrogen and oxygen atoms in total. The Morgan fingerprint density at radius 2 is 2.12 bits per heavy atom. The maximum atomic E-state index is 12.1. The van der Waals surface area contributed by atoms with Crippen molar-refractivity contribution in [2.45, 2.75) is 19.8 Å². The first-order valence-electron chi connectivity index (χ1n) is 5.54. The van der Waals surface area contributed by atoms with Crippen LogP contribution in [0, 0.1) is 0 Å². The number of hydrogen-bond acceptors (Lipinski definition) is 4. The minimum atomic E-state index is 0.0375. The first-order chi connectivity index (χ1) is 8.20. The van der Waals surface area contributed by atoms with Crippen molar-refractivity contribution in [3.8, 4) is 0 Å². The number of carbonyl (C=O) groups excluding carboxylic acids is 1. The molecule has 2 aromatic rings. The first-order valence-corrected chi connectivity index (χ1v) is 5.54. The molecular formula is C12H14N4O. The predicted molar refractivity (Wildman–Crippen MR) is 62.7 cm³/mol.